The van der Waals surface area contributed by atoms with Crippen molar-refractivity contribution >= 4 is 22.4 Å². The van der Waals surface area contributed by atoms with Crippen molar-refractivity contribution in [2.45, 2.75) is 32.1 Å². The molecule has 5 nitrogen and oxygen atoms in total. The predicted octanol–water partition coefficient (Wildman–Crippen LogP) is 2.93. The van der Waals surface area contributed by atoms with Crippen LogP contribution in [-0.4, -0.2) is 17.7 Å². The molecule has 22 heavy (non-hydrogen) atoms. The molecule has 2 aromatic rings. The van der Waals surface area contributed by atoms with E-state index in [1.165, 1.54) is 17.7 Å². The van der Waals surface area contributed by atoms with Crippen molar-refractivity contribution in [3.8, 4) is 11.5 Å². The van der Waals surface area contributed by atoms with Gasteiger partial charge in [-0.25, -0.2) is 4.98 Å². The van der Waals surface area contributed by atoms with Crippen LogP contribution in [0, 0.1) is 0 Å². The lowest BCUT2D eigenvalue weighted by atomic mass is 10.0. The van der Waals surface area contributed by atoms with Gasteiger partial charge in [0, 0.05) is 4.88 Å². The Bertz CT molecular complexity index is 703. The highest BCUT2D eigenvalue weighted by Gasteiger charge is 2.17. The lowest BCUT2D eigenvalue weighted by Crippen LogP contribution is -2.14. The average Bonchev–Trinajstić information content (AvgIpc) is 3.11. The summed E-state index contributed by atoms with van der Waals surface area (Å²) in [5.74, 6) is 1.39. The van der Waals surface area contributed by atoms with Crippen LogP contribution in [0.5, 0.6) is 11.5 Å². The van der Waals surface area contributed by atoms with Gasteiger partial charge >= 0.3 is 0 Å². The fourth-order valence-corrected chi connectivity index (χ4v) is 3.87. The van der Waals surface area contributed by atoms with Crippen molar-refractivity contribution in [3.63, 3.8) is 0 Å². The summed E-state index contributed by atoms with van der Waals surface area (Å²) in [5, 5.41) is 3.63. The summed E-state index contributed by atoms with van der Waals surface area (Å²) < 4.78 is 10.6. The normalized spacial score (nSPS) is 15.5. The number of anilines is 1. The number of rotatable bonds is 3. The number of ether oxygens (including phenoxy) is 2. The molecule has 1 aliphatic heterocycles. The number of fused-ring (bicyclic) bond motifs is 2. The first-order chi connectivity index (χ1) is 10.8. The first-order valence-electron chi connectivity index (χ1n) is 7.45. The maximum atomic E-state index is 12.2. The van der Waals surface area contributed by atoms with Crippen LogP contribution in [-0.2, 0) is 24.1 Å². The van der Waals surface area contributed by atoms with Crippen LogP contribution in [0.1, 0.15) is 29.0 Å². The van der Waals surface area contributed by atoms with E-state index in [0.717, 1.165) is 35.0 Å². The molecule has 1 N–H and O–H groups in total. The molecule has 0 saturated heterocycles. The highest BCUT2D eigenvalue weighted by atomic mass is 32.1. The molecule has 1 aliphatic carbocycles. The third kappa shape index (κ3) is 2.66. The SMILES string of the molecule is O=C(Cc1ccc2c(c1)OCO2)Nc1nc2c(s1)CCCC2. The molecule has 0 radical (unpaired) electrons. The molecule has 0 fully saturated rings. The molecule has 114 valence electrons. The quantitative estimate of drug-likeness (QED) is 0.946. The van der Waals surface area contributed by atoms with Crippen LogP contribution < -0.4 is 14.8 Å². The number of carbonyl (C=O) groups is 1. The molecular weight excluding hydrogens is 300 g/mol. The van der Waals surface area contributed by atoms with Crippen molar-refractivity contribution < 1.29 is 14.3 Å². The molecule has 6 heteroatoms. The summed E-state index contributed by atoms with van der Waals surface area (Å²) in [7, 11) is 0. The lowest BCUT2D eigenvalue weighted by Gasteiger charge is -2.06. The fraction of sp³-hybridized carbons (Fsp3) is 0.375. The van der Waals surface area contributed by atoms with Crippen molar-refractivity contribution in [1.29, 1.82) is 0 Å². The molecule has 2 aliphatic rings. The van der Waals surface area contributed by atoms with Crippen molar-refractivity contribution in [3.05, 3.63) is 34.3 Å². The van der Waals surface area contributed by atoms with E-state index in [1.807, 2.05) is 18.2 Å². The number of benzene rings is 1. The minimum Gasteiger partial charge on any atom is -0.454 e. The highest BCUT2D eigenvalue weighted by molar-refractivity contribution is 7.15. The summed E-state index contributed by atoms with van der Waals surface area (Å²) in [6, 6.07) is 5.59. The Hall–Kier alpha value is -2.08. The van der Waals surface area contributed by atoms with Crippen LogP contribution >= 0.6 is 11.3 Å². The van der Waals surface area contributed by atoms with Gasteiger partial charge in [0.2, 0.25) is 12.7 Å². The summed E-state index contributed by atoms with van der Waals surface area (Å²) in [5.41, 5.74) is 2.07. The van der Waals surface area contributed by atoms with Gasteiger partial charge in [0.15, 0.2) is 16.6 Å². The summed E-state index contributed by atoms with van der Waals surface area (Å²) in [4.78, 5) is 18.0. The molecule has 0 spiro atoms. The molecule has 0 unspecified atom stereocenters. The molecule has 1 aromatic carbocycles. The number of hydrogen-bond acceptors (Lipinski definition) is 5. The minimum absolute atomic E-state index is 0.0510. The maximum Gasteiger partial charge on any atom is 0.231 e. The first kappa shape index (κ1) is 13.6. The Kier molecular flexibility index (Phi) is 3.46. The molecule has 2 heterocycles. The van der Waals surface area contributed by atoms with E-state index in [2.05, 4.69) is 10.3 Å². The van der Waals surface area contributed by atoms with Gasteiger partial charge in [0.25, 0.3) is 0 Å². The van der Waals surface area contributed by atoms with Crippen LogP contribution in [0.3, 0.4) is 0 Å². The van der Waals surface area contributed by atoms with E-state index in [-0.39, 0.29) is 12.7 Å². The maximum absolute atomic E-state index is 12.2. The summed E-state index contributed by atoms with van der Waals surface area (Å²) in [6.07, 6.45) is 4.84. The Balaban J connectivity index is 1.43. The van der Waals surface area contributed by atoms with E-state index in [1.54, 1.807) is 11.3 Å². The number of carbonyl (C=O) groups excluding carboxylic acids is 1. The van der Waals surface area contributed by atoms with Gasteiger partial charge in [-0.3, -0.25) is 4.79 Å². The number of nitrogens with zero attached hydrogens (tertiary/aromatic N) is 1. The first-order valence-corrected chi connectivity index (χ1v) is 8.26. The second-order valence-corrected chi connectivity index (χ2v) is 6.59. The zero-order valence-electron chi connectivity index (χ0n) is 12.1. The van der Waals surface area contributed by atoms with Crippen LogP contribution in [0.2, 0.25) is 0 Å². The van der Waals surface area contributed by atoms with Gasteiger partial charge in [-0.05, 0) is 43.4 Å². The lowest BCUT2D eigenvalue weighted by molar-refractivity contribution is -0.115. The van der Waals surface area contributed by atoms with E-state index in [9.17, 15) is 4.79 Å². The highest BCUT2D eigenvalue weighted by Crippen LogP contribution is 2.33. The zero-order valence-corrected chi connectivity index (χ0v) is 12.9. The summed E-state index contributed by atoms with van der Waals surface area (Å²) in [6.45, 7) is 0.246. The largest absolute Gasteiger partial charge is 0.454 e. The van der Waals surface area contributed by atoms with Gasteiger partial charge in [-0.1, -0.05) is 6.07 Å². The van der Waals surface area contributed by atoms with Crippen molar-refractivity contribution in [2.24, 2.45) is 0 Å². The molecular formula is C16H16N2O3S. The Morgan fingerprint density at radius 3 is 3.00 bits per heavy atom. The van der Waals surface area contributed by atoms with E-state index in [0.29, 0.717) is 12.2 Å². The van der Waals surface area contributed by atoms with Crippen LogP contribution in [0.15, 0.2) is 18.2 Å². The number of amides is 1. The third-order valence-electron chi connectivity index (χ3n) is 3.89. The van der Waals surface area contributed by atoms with E-state index in [4.69, 9.17) is 9.47 Å². The minimum atomic E-state index is -0.0510. The van der Waals surface area contributed by atoms with Gasteiger partial charge in [-0.15, -0.1) is 11.3 Å². The Morgan fingerprint density at radius 2 is 2.09 bits per heavy atom. The molecule has 0 atom stereocenters. The van der Waals surface area contributed by atoms with Crippen LogP contribution in [0.25, 0.3) is 0 Å². The predicted molar refractivity (Wildman–Crippen MR) is 83.7 cm³/mol. The number of aromatic nitrogens is 1. The second kappa shape index (κ2) is 5.61. The average molecular weight is 316 g/mol. The molecule has 0 bridgehead atoms. The zero-order chi connectivity index (χ0) is 14.9. The Labute approximate surface area is 132 Å². The van der Waals surface area contributed by atoms with Crippen LogP contribution in [0.4, 0.5) is 5.13 Å². The van der Waals surface area contributed by atoms with Crippen molar-refractivity contribution in [1.82, 2.24) is 4.98 Å². The van der Waals surface area contributed by atoms with E-state index >= 15 is 0 Å². The molecule has 4 rings (SSSR count). The molecule has 1 aromatic heterocycles. The summed E-state index contributed by atoms with van der Waals surface area (Å²) >= 11 is 1.61. The fourth-order valence-electron chi connectivity index (χ4n) is 2.81. The topological polar surface area (TPSA) is 60.5 Å². The number of aryl methyl sites for hydroxylation is 2. The number of nitrogens with one attached hydrogen (secondary N) is 1. The molecule has 1 amide bonds. The Morgan fingerprint density at radius 1 is 1.23 bits per heavy atom. The standard InChI is InChI=1S/C16H16N2O3S/c19-15(8-10-5-6-12-13(7-10)21-9-20-12)18-16-17-11-3-1-2-4-14(11)22-16/h5-7H,1-4,8-9H2,(H,17,18,19). The number of thiazole rings is 1. The monoisotopic (exact) mass is 316 g/mol. The third-order valence-corrected chi connectivity index (χ3v) is 4.97. The smallest absolute Gasteiger partial charge is 0.231 e. The number of hydrogen-bond donors (Lipinski definition) is 1. The second-order valence-electron chi connectivity index (χ2n) is 5.51. The van der Waals surface area contributed by atoms with E-state index < -0.39 is 0 Å². The van der Waals surface area contributed by atoms with Gasteiger partial charge in [0.05, 0.1) is 12.1 Å². The van der Waals surface area contributed by atoms with Gasteiger partial charge < -0.3 is 14.8 Å². The molecule has 0 saturated carbocycles. The van der Waals surface area contributed by atoms with Gasteiger partial charge in [0.1, 0.15) is 0 Å². The van der Waals surface area contributed by atoms with Crippen molar-refractivity contribution in [2.75, 3.05) is 12.1 Å². The van der Waals surface area contributed by atoms with Gasteiger partial charge in [-0.2, -0.15) is 0 Å².